The van der Waals surface area contributed by atoms with E-state index >= 15 is 0 Å². The van der Waals surface area contributed by atoms with E-state index in [1.165, 1.54) is 12.1 Å². The summed E-state index contributed by atoms with van der Waals surface area (Å²) in [5, 5.41) is 10.9. The molecule has 0 radical (unpaired) electrons. The van der Waals surface area contributed by atoms with Crippen molar-refractivity contribution in [2.45, 2.75) is 19.4 Å². The minimum Gasteiger partial charge on any atom is -0.480 e. The molecular formula is C12H13FN2O4. The highest BCUT2D eigenvalue weighted by atomic mass is 19.1. The van der Waals surface area contributed by atoms with Crippen LogP contribution in [0.25, 0.3) is 0 Å². The fourth-order valence-corrected chi connectivity index (χ4v) is 1.51. The molecule has 1 atom stereocenters. The van der Waals surface area contributed by atoms with Crippen molar-refractivity contribution in [2.24, 2.45) is 5.73 Å². The second-order valence-corrected chi connectivity index (χ2v) is 4.05. The van der Waals surface area contributed by atoms with Gasteiger partial charge in [0.25, 0.3) is 5.91 Å². The third kappa shape index (κ3) is 4.38. The van der Waals surface area contributed by atoms with E-state index in [2.05, 4.69) is 5.32 Å². The number of hydrogen-bond acceptors (Lipinski definition) is 3. The van der Waals surface area contributed by atoms with Gasteiger partial charge in [-0.3, -0.25) is 9.59 Å². The fourth-order valence-electron chi connectivity index (χ4n) is 1.51. The molecule has 0 aliphatic rings. The number of primary amides is 1. The van der Waals surface area contributed by atoms with Crippen LogP contribution in [0.2, 0.25) is 0 Å². The zero-order valence-corrected chi connectivity index (χ0v) is 10.1. The quantitative estimate of drug-likeness (QED) is 0.708. The standard InChI is InChI=1S/C12H13FN2O4/c1-6-2-7(4-8(13)3-6)11(17)15-9(12(18)19)5-10(14)16/h2-4,9H,5H2,1H3,(H2,14,16)(H,15,17)(H,18,19)/t9-/m0/s1. The number of carbonyl (C=O) groups is 3. The van der Waals surface area contributed by atoms with Crippen LogP contribution in [0.3, 0.4) is 0 Å². The molecule has 1 aromatic rings. The summed E-state index contributed by atoms with van der Waals surface area (Å²) in [6.45, 7) is 1.60. The lowest BCUT2D eigenvalue weighted by atomic mass is 10.1. The Kier molecular flexibility index (Phi) is 4.57. The molecule has 0 unspecified atom stereocenters. The maximum absolute atomic E-state index is 13.1. The van der Waals surface area contributed by atoms with Gasteiger partial charge in [-0.1, -0.05) is 0 Å². The molecule has 1 rings (SSSR count). The molecule has 0 saturated carbocycles. The van der Waals surface area contributed by atoms with Gasteiger partial charge in [0, 0.05) is 5.56 Å². The molecule has 0 aliphatic carbocycles. The average Bonchev–Trinajstić information content (AvgIpc) is 2.25. The smallest absolute Gasteiger partial charge is 0.326 e. The molecule has 0 fully saturated rings. The highest BCUT2D eigenvalue weighted by Crippen LogP contribution is 2.09. The van der Waals surface area contributed by atoms with Crippen LogP contribution in [0, 0.1) is 12.7 Å². The number of hydrogen-bond donors (Lipinski definition) is 3. The monoisotopic (exact) mass is 268 g/mol. The van der Waals surface area contributed by atoms with Crippen LogP contribution in [-0.2, 0) is 9.59 Å². The Morgan fingerprint density at radius 3 is 2.47 bits per heavy atom. The van der Waals surface area contributed by atoms with Crippen LogP contribution >= 0.6 is 0 Å². The Morgan fingerprint density at radius 2 is 2.00 bits per heavy atom. The summed E-state index contributed by atoms with van der Waals surface area (Å²) in [6.07, 6.45) is -0.532. The topological polar surface area (TPSA) is 109 Å². The molecule has 0 saturated heterocycles. The Hall–Kier alpha value is -2.44. The Morgan fingerprint density at radius 1 is 1.37 bits per heavy atom. The minimum absolute atomic E-state index is 0.0202. The number of aliphatic carboxylic acids is 1. The van der Waals surface area contributed by atoms with Crippen LogP contribution < -0.4 is 11.1 Å². The molecule has 1 aromatic carbocycles. The molecule has 2 amide bonds. The van der Waals surface area contributed by atoms with Crippen LogP contribution in [0.4, 0.5) is 4.39 Å². The van der Waals surface area contributed by atoms with Crippen LogP contribution in [-0.4, -0.2) is 28.9 Å². The summed E-state index contributed by atoms with van der Waals surface area (Å²) in [5.74, 6) is -3.63. The van der Waals surface area contributed by atoms with E-state index in [0.717, 1.165) is 6.07 Å². The lowest BCUT2D eigenvalue weighted by molar-refractivity contribution is -0.140. The van der Waals surface area contributed by atoms with Crippen molar-refractivity contribution in [2.75, 3.05) is 0 Å². The molecule has 0 heterocycles. The second-order valence-electron chi connectivity index (χ2n) is 4.05. The first kappa shape index (κ1) is 14.6. The van der Waals surface area contributed by atoms with Crippen LogP contribution in [0.1, 0.15) is 22.3 Å². The Bertz CT molecular complexity index is 510. The van der Waals surface area contributed by atoms with Gasteiger partial charge < -0.3 is 16.2 Å². The highest BCUT2D eigenvalue weighted by molar-refractivity contribution is 5.97. The molecule has 0 aromatic heterocycles. The van der Waals surface area contributed by atoms with Crippen molar-refractivity contribution >= 4 is 17.8 Å². The number of halogens is 1. The maximum Gasteiger partial charge on any atom is 0.326 e. The zero-order valence-electron chi connectivity index (χ0n) is 10.1. The normalized spacial score (nSPS) is 11.7. The molecule has 0 spiro atoms. The third-order valence-corrected chi connectivity index (χ3v) is 2.31. The van der Waals surface area contributed by atoms with Gasteiger partial charge in [-0.25, -0.2) is 9.18 Å². The van der Waals surface area contributed by atoms with E-state index in [0.29, 0.717) is 5.56 Å². The van der Waals surface area contributed by atoms with Crippen LogP contribution in [0.5, 0.6) is 0 Å². The van der Waals surface area contributed by atoms with Crippen molar-refractivity contribution in [1.29, 1.82) is 0 Å². The lowest BCUT2D eigenvalue weighted by Gasteiger charge is -2.13. The molecule has 102 valence electrons. The van der Waals surface area contributed by atoms with E-state index in [-0.39, 0.29) is 5.56 Å². The molecule has 0 bridgehead atoms. The van der Waals surface area contributed by atoms with Gasteiger partial charge in [0.15, 0.2) is 0 Å². The molecular weight excluding hydrogens is 255 g/mol. The lowest BCUT2D eigenvalue weighted by Crippen LogP contribution is -2.43. The van der Waals surface area contributed by atoms with Gasteiger partial charge in [-0.15, -0.1) is 0 Å². The predicted molar refractivity (Wildman–Crippen MR) is 63.8 cm³/mol. The first-order chi connectivity index (χ1) is 8.79. The number of rotatable bonds is 5. The largest absolute Gasteiger partial charge is 0.480 e. The number of benzene rings is 1. The summed E-state index contributed by atoms with van der Waals surface area (Å²) in [5.41, 5.74) is 5.38. The number of carboxylic acid groups (broad SMARTS) is 1. The molecule has 7 heteroatoms. The van der Waals surface area contributed by atoms with E-state index < -0.39 is 36.1 Å². The van der Waals surface area contributed by atoms with E-state index in [1.54, 1.807) is 6.92 Å². The molecule has 0 aliphatic heterocycles. The summed E-state index contributed by atoms with van der Waals surface area (Å²) < 4.78 is 13.1. The summed E-state index contributed by atoms with van der Waals surface area (Å²) in [6, 6.07) is 2.18. The van der Waals surface area contributed by atoms with Crippen molar-refractivity contribution in [3.8, 4) is 0 Å². The van der Waals surface area contributed by atoms with E-state index in [1.807, 2.05) is 0 Å². The number of carbonyl (C=O) groups excluding carboxylic acids is 2. The second kappa shape index (κ2) is 5.94. The summed E-state index contributed by atoms with van der Waals surface area (Å²) in [7, 11) is 0. The first-order valence-corrected chi connectivity index (χ1v) is 5.38. The number of nitrogens with two attached hydrogens (primary N) is 1. The molecule has 19 heavy (non-hydrogen) atoms. The van der Waals surface area contributed by atoms with E-state index in [9.17, 15) is 18.8 Å². The summed E-state index contributed by atoms with van der Waals surface area (Å²) >= 11 is 0. The first-order valence-electron chi connectivity index (χ1n) is 5.38. The van der Waals surface area contributed by atoms with Crippen molar-refractivity contribution in [3.63, 3.8) is 0 Å². The van der Waals surface area contributed by atoms with Gasteiger partial charge in [0.05, 0.1) is 6.42 Å². The summed E-state index contributed by atoms with van der Waals surface area (Å²) in [4.78, 5) is 33.3. The predicted octanol–water partition coefficient (Wildman–Crippen LogP) is 0.193. The number of nitrogens with one attached hydrogen (secondary N) is 1. The van der Waals surface area contributed by atoms with Crippen molar-refractivity contribution in [3.05, 3.63) is 35.1 Å². The average molecular weight is 268 g/mol. The zero-order chi connectivity index (χ0) is 14.6. The Balaban J connectivity index is 2.87. The maximum atomic E-state index is 13.1. The van der Waals surface area contributed by atoms with E-state index in [4.69, 9.17) is 10.8 Å². The highest BCUT2D eigenvalue weighted by Gasteiger charge is 2.22. The Labute approximate surface area is 108 Å². The molecule has 4 N–H and O–H groups in total. The third-order valence-electron chi connectivity index (χ3n) is 2.31. The fraction of sp³-hybridized carbons (Fsp3) is 0.250. The SMILES string of the molecule is Cc1cc(F)cc(C(=O)N[C@@H](CC(N)=O)C(=O)O)c1. The number of aryl methyl sites for hydroxylation is 1. The van der Waals surface area contributed by atoms with Gasteiger partial charge >= 0.3 is 5.97 Å². The van der Waals surface area contributed by atoms with Crippen molar-refractivity contribution in [1.82, 2.24) is 5.32 Å². The van der Waals surface area contributed by atoms with Gasteiger partial charge in [0.2, 0.25) is 5.91 Å². The minimum atomic E-state index is -1.44. The van der Waals surface area contributed by atoms with Gasteiger partial charge in [0.1, 0.15) is 11.9 Å². The number of carboxylic acids is 1. The van der Waals surface area contributed by atoms with Gasteiger partial charge in [-0.05, 0) is 30.7 Å². The molecule has 6 nitrogen and oxygen atoms in total. The van der Waals surface area contributed by atoms with Crippen molar-refractivity contribution < 1.29 is 23.9 Å². The number of amides is 2. The van der Waals surface area contributed by atoms with Gasteiger partial charge in [-0.2, -0.15) is 0 Å². The van der Waals surface area contributed by atoms with Crippen LogP contribution in [0.15, 0.2) is 18.2 Å².